The van der Waals surface area contributed by atoms with E-state index in [1.807, 2.05) is 0 Å². The standard InChI is InChI=1S/C12H7F7IN3O/c13-10(14,11(15,16)17)12(18,19)23-22-6-7-1-2-9(8(20)5-7)24-4-3-21/h1-2,5-6,23H,4H2/b22-6+. The molecule has 1 aromatic carbocycles. The van der Waals surface area contributed by atoms with Gasteiger partial charge in [0.05, 0.1) is 9.78 Å². The minimum Gasteiger partial charge on any atom is -0.478 e. The van der Waals surface area contributed by atoms with E-state index in [1.54, 1.807) is 28.7 Å². The van der Waals surface area contributed by atoms with Crippen LogP contribution in [0.25, 0.3) is 0 Å². The van der Waals surface area contributed by atoms with E-state index in [0.717, 1.165) is 0 Å². The van der Waals surface area contributed by atoms with Crippen LogP contribution < -0.4 is 10.2 Å². The van der Waals surface area contributed by atoms with Crippen molar-refractivity contribution >= 4 is 28.8 Å². The Kier molecular flexibility index (Phi) is 6.26. The first kappa shape index (κ1) is 20.3. The molecule has 1 N–H and O–H groups in total. The van der Waals surface area contributed by atoms with Crippen LogP contribution in [-0.2, 0) is 0 Å². The van der Waals surface area contributed by atoms with Crippen LogP contribution >= 0.6 is 22.6 Å². The Hall–Kier alpha value is -1.78. The number of ether oxygens (including phenoxy) is 1. The summed E-state index contributed by atoms with van der Waals surface area (Å²) in [4.78, 5) is 0. The molecule has 0 bridgehead atoms. The van der Waals surface area contributed by atoms with Gasteiger partial charge in [0.1, 0.15) is 11.8 Å². The number of hydrazone groups is 1. The van der Waals surface area contributed by atoms with Gasteiger partial charge in [-0.1, -0.05) is 0 Å². The second kappa shape index (κ2) is 7.41. The maximum Gasteiger partial charge on any atom is 0.462 e. The van der Waals surface area contributed by atoms with Crippen molar-refractivity contribution in [2.75, 3.05) is 6.61 Å². The molecule has 1 aromatic rings. The molecule has 0 spiro atoms. The van der Waals surface area contributed by atoms with Gasteiger partial charge in [-0.25, -0.2) is 5.43 Å². The van der Waals surface area contributed by atoms with Crippen molar-refractivity contribution in [1.29, 1.82) is 5.26 Å². The van der Waals surface area contributed by atoms with Crippen LogP contribution in [0.5, 0.6) is 5.75 Å². The number of alkyl halides is 7. The lowest BCUT2D eigenvalue weighted by Gasteiger charge is -2.27. The molecule has 0 aliphatic heterocycles. The Bertz CT molecular complexity index is 655. The number of hydrogen-bond acceptors (Lipinski definition) is 4. The van der Waals surface area contributed by atoms with Crippen molar-refractivity contribution in [3.63, 3.8) is 0 Å². The average Bonchev–Trinajstić information content (AvgIpc) is 2.45. The lowest BCUT2D eigenvalue weighted by atomic mass is 10.2. The summed E-state index contributed by atoms with van der Waals surface area (Å²) in [5.74, 6) is -5.99. The highest BCUT2D eigenvalue weighted by atomic mass is 127. The summed E-state index contributed by atoms with van der Waals surface area (Å²) >= 11 is 1.78. The molecule has 12 heteroatoms. The molecule has 0 aliphatic rings. The van der Waals surface area contributed by atoms with E-state index in [9.17, 15) is 30.7 Å². The predicted molar refractivity (Wildman–Crippen MR) is 76.9 cm³/mol. The van der Waals surface area contributed by atoms with Crippen molar-refractivity contribution in [1.82, 2.24) is 5.43 Å². The largest absolute Gasteiger partial charge is 0.478 e. The molecule has 0 saturated carbocycles. The molecule has 0 atom stereocenters. The van der Waals surface area contributed by atoms with Gasteiger partial charge < -0.3 is 4.74 Å². The number of nitrogens with zero attached hydrogens (tertiary/aromatic N) is 2. The van der Waals surface area contributed by atoms with Crippen molar-refractivity contribution in [3.8, 4) is 11.8 Å². The number of halogens is 8. The van der Waals surface area contributed by atoms with Crippen molar-refractivity contribution in [3.05, 3.63) is 27.3 Å². The fraction of sp³-hybridized carbons (Fsp3) is 0.333. The molecule has 1 rings (SSSR count). The van der Waals surface area contributed by atoms with Gasteiger partial charge in [0.2, 0.25) is 0 Å². The summed E-state index contributed by atoms with van der Waals surface area (Å²) in [6.07, 6.45) is -5.80. The number of benzene rings is 1. The van der Waals surface area contributed by atoms with E-state index in [-0.39, 0.29) is 12.2 Å². The van der Waals surface area contributed by atoms with E-state index in [0.29, 0.717) is 21.0 Å². The van der Waals surface area contributed by atoms with Gasteiger partial charge in [-0.2, -0.15) is 41.1 Å². The van der Waals surface area contributed by atoms with Gasteiger partial charge in [0.15, 0.2) is 6.61 Å². The normalized spacial score (nSPS) is 13.0. The van der Waals surface area contributed by atoms with Gasteiger partial charge in [-0.15, -0.1) is 0 Å². The predicted octanol–water partition coefficient (Wildman–Crippen LogP) is 3.91. The zero-order chi connectivity index (χ0) is 18.6. The molecular formula is C12H7F7IN3O. The quantitative estimate of drug-likeness (QED) is 0.226. The van der Waals surface area contributed by atoms with Crippen LogP contribution in [0.2, 0.25) is 0 Å². The summed E-state index contributed by atoms with van der Waals surface area (Å²) < 4.78 is 92.3. The lowest BCUT2D eigenvalue weighted by Crippen LogP contribution is -2.58. The first-order valence-electron chi connectivity index (χ1n) is 5.84. The van der Waals surface area contributed by atoms with Crippen LogP contribution in [0.3, 0.4) is 0 Å². The third kappa shape index (κ3) is 4.62. The summed E-state index contributed by atoms with van der Waals surface area (Å²) in [5.41, 5.74) is 0.639. The van der Waals surface area contributed by atoms with Crippen LogP contribution in [0.1, 0.15) is 5.56 Å². The monoisotopic (exact) mass is 469 g/mol. The Labute approximate surface area is 144 Å². The summed E-state index contributed by atoms with van der Waals surface area (Å²) in [5, 5.41) is 11.1. The van der Waals surface area contributed by atoms with E-state index in [4.69, 9.17) is 10.00 Å². The van der Waals surface area contributed by atoms with Gasteiger partial charge in [-0.3, -0.25) is 0 Å². The molecule has 0 radical (unpaired) electrons. The SMILES string of the molecule is N#CCOc1ccc(/C=N/NC(F)(F)C(F)(F)C(F)(F)F)cc1I. The van der Waals surface area contributed by atoms with Crippen molar-refractivity contribution < 1.29 is 35.5 Å². The van der Waals surface area contributed by atoms with E-state index < -0.39 is 18.1 Å². The van der Waals surface area contributed by atoms with Gasteiger partial charge in [0.25, 0.3) is 0 Å². The smallest absolute Gasteiger partial charge is 0.462 e. The third-order valence-electron chi connectivity index (χ3n) is 2.42. The van der Waals surface area contributed by atoms with E-state index >= 15 is 0 Å². The topological polar surface area (TPSA) is 57.4 Å². The van der Waals surface area contributed by atoms with E-state index in [1.165, 1.54) is 18.2 Å². The van der Waals surface area contributed by atoms with Crippen LogP contribution in [0, 0.1) is 14.9 Å². The molecule has 0 saturated heterocycles. The molecule has 0 aliphatic carbocycles. The van der Waals surface area contributed by atoms with Crippen LogP contribution in [-0.4, -0.2) is 31.0 Å². The molecular weight excluding hydrogens is 462 g/mol. The molecule has 0 unspecified atom stereocenters. The zero-order valence-electron chi connectivity index (χ0n) is 11.3. The minimum atomic E-state index is -6.44. The Morgan fingerprint density at radius 2 is 1.83 bits per heavy atom. The van der Waals surface area contributed by atoms with Crippen LogP contribution in [0.15, 0.2) is 23.3 Å². The summed E-state index contributed by atoms with van der Waals surface area (Å²) in [6.45, 7) is -0.232. The molecule has 4 nitrogen and oxygen atoms in total. The highest BCUT2D eigenvalue weighted by Crippen LogP contribution is 2.44. The first-order valence-corrected chi connectivity index (χ1v) is 6.92. The highest BCUT2D eigenvalue weighted by Gasteiger charge is 2.73. The fourth-order valence-electron chi connectivity index (χ4n) is 1.26. The van der Waals surface area contributed by atoms with Gasteiger partial charge >= 0.3 is 18.1 Å². The highest BCUT2D eigenvalue weighted by molar-refractivity contribution is 14.1. The lowest BCUT2D eigenvalue weighted by molar-refractivity contribution is -0.361. The fourth-order valence-corrected chi connectivity index (χ4v) is 1.96. The molecule has 0 heterocycles. The van der Waals surface area contributed by atoms with E-state index in [2.05, 4.69) is 5.10 Å². The second-order valence-corrected chi connectivity index (χ2v) is 5.32. The van der Waals surface area contributed by atoms with Crippen molar-refractivity contribution in [2.45, 2.75) is 18.1 Å². The molecule has 0 fully saturated rings. The third-order valence-corrected chi connectivity index (χ3v) is 3.26. The minimum absolute atomic E-state index is 0.127. The number of hydrogen-bond donors (Lipinski definition) is 1. The van der Waals surface area contributed by atoms with Crippen molar-refractivity contribution in [2.24, 2.45) is 5.10 Å². The Balaban J connectivity index is 2.84. The molecule has 24 heavy (non-hydrogen) atoms. The van der Waals surface area contributed by atoms with Crippen LogP contribution in [0.4, 0.5) is 30.7 Å². The molecule has 0 amide bonds. The Morgan fingerprint density at radius 3 is 2.33 bits per heavy atom. The number of nitriles is 1. The second-order valence-electron chi connectivity index (χ2n) is 4.15. The zero-order valence-corrected chi connectivity index (χ0v) is 13.5. The van der Waals surface area contributed by atoms with Gasteiger partial charge in [-0.05, 0) is 46.4 Å². The first-order chi connectivity index (χ1) is 10.9. The molecule has 132 valence electrons. The maximum atomic E-state index is 12.9. The summed E-state index contributed by atoms with van der Waals surface area (Å²) in [6, 6.07) is 0.0666. The van der Waals surface area contributed by atoms with Gasteiger partial charge in [0, 0.05) is 0 Å². The maximum absolute atomic E-state index is 12.9. The summed E-state index contributed by atoms with van der Waals surface area (Å²) in [7, 11) is 0. The molecule has 0 aromatic heterocycles. The number of nitrogens with one attached hydrogen (secondary N) is 1. The number of rotatable bonds is 6. The average molecular weight is 469 g/mol. The Morgan fingerprint density at radius 1 is 1.21 bits per heavy atom.